The predicted octanol–water partition coefficient (Wildman–Crippen LogP) is 0.463. The smallest absolute Gasteiger partial charge is 0.283 e. The number of halogens is 1. The molecule has 9 heteroatoms. The predicted molar refractivity (Wildman–Crippen MR) is 83.5 cm³/mol. The molecule has 8 nitrogen and oxygen atoms in total. The minimum atomic E-state index is -0.420. The summed E-state index contributed by atoms with van der Waals surface area (Å²) < 4.78 is 15.5. The Morgan fingerprint density at radius 2 is 2.04 bits per heavy atom. The summed E-state index contributed by atoms with van der Waals surface area (Å²) in [6, 6.07) is 5.80. The van der Waals surface area contributed by atoms with Gasteiger partial charge in [-0.1, -0.05) is 17.3 Å². The average molecular weight is 330 g/mol. The summed E-state index contributed by atoms with van der Waals surface area (Å²) in [5.41, 5.74) is 0.865. The van der Waals surface area contributed by atoms with Gasteiger partial charge in [0.05, 0.1) is 0 Å². The summed E-state index contributed by atoms with van der Waals surface area (Å²) in [5, 5.41) is 10.3. The molecule has 0 saturated carbocycles. The van der Waals surface area contributed by atoms with Gasteiger partial charge in [-0.2, -0.15) is 0 Å². The van der Waals surface area contributed by atoms with Crippen molar-refractivity contribution in [3.8, 4) is 0 Å². The molecule has 0 unspecified atom stereocenters. The normalized spacial score (nSPS) is 10.9. The van der Waals surface area contributed by atoms with Crippen molar-refractivity contribution in [3.05, 3.63) is 52.3 Å². The summed E-state index contributed by atoms with van der Waals surface area (Å²) in [7, 11) is 0. The minimum absolute atomic E-state index is 0.130. The Balaban J connectivity index is 1.70. The second-order valence-corrected chi connectivity index (χ2v) is 5.16. The molecule has 3 rings (SSSR count). The van der Waals surface area contributed by atoms with Gasteiger partial charge in [-0.05, 0) is 24.6 Å². The number of nitrogens with one attached hydrogen (secondary N) is 1. The van der Waals surface area contributed by atoms with Gasteiger partial charge in [0.1, 0.15) is 18.7 Å². The second kappa shape index (κ2) is 6.57. The third-order valence-electron chi connectivity index (χ3n) is 3.51. The number of hydrogen-bond donors (Lipinski definition) is 1. The first kappa shape index (κ1) is 15.8. The molecule has 0 aliphatic heterocycles. The van der Waals surface area contributed by atoms with Crippen molar-refractivity contribution in [1.82, 2.24) is 29.9 Å². The van der Waals surface area contributed by atoms with Gasteiger partial charge in [-0.3, -0.25) is 14.2 Å². The molecule has 0 aliphatic rings. The molecule has 0 spiro atoms. The van der Waals surface area contributed by atoms with E-state index in [1.807, 2.05) is 6.92 Å². The summed E-state index contributed by atoms with van der Waals surface area (Å²) in [6.45, 7) is 2.48. The number of carbonyl (C=O) groups excluding carboxylic acids is 1. The van der Waals surface area contributed by atoms with Crippen LogP contribution in [0.1, 0.15) is 12.5 Å². The fraction of sp³-hybridized carbons (Fsp3) is 0.267. The van der Waals surface area contributed by atoms with Crippen molar-refractivity contribution in [2.75, 3.05) is 0 Å². The van der Waals surface area contributed by atoms with E-state index in [-0.39, 0.29) is 30.3 Å². The van der Waals surface area contributed by atoms with E-state index < -0.39 is 5.56 Å². The number of amides is 1. The SMILES string of the molecule is CCn1nnc2c(=O)n(CC(=O)NCc3ccc(F)cc3)cnc21. The van der Waals surface area contributed by atoms with Crippen LogP contribution in [0.5, 0.6) is 0 Å². The van der Waals surface area contributed by atoms with E-state index in [1.165, 1.54) is 27.7 Å². The molecule has 0 fully saturated rings. The maximum absolute atomic E-state index is 12.8. The molecule has 0 atom stereocenters. The number of aryl methyl sites for hydroxylation is 1. The van der Waals surface area contributed by atoms with Gasteiger partial charge >= 0.3 is 0 Å². The van der Waals surface area contributed by atoms with E-state index >= 15 is 0 Å². The van der Waals surface area contributed by atoms with Gasteiger partial charge in [-0.25, -0.2) is 14.1 Å². The topological polar surface area (TPSA) is 94.7 Å². The lowest BCUT2D eigenvalue weighted by Gasteiger charge is -2.07. The summed E-state index contributed by atoms with van der Waals surface area (Å²) >= 11 is 0. The van der Waals surface area contributed by atoms with E-state index in [9.17, 15) is 14.0 Å². The fourth-order valence-corrected chi connectivity index (χ4v) is 2.23. The average Bonchev–Trinajstić information content (AvgIpc) is 3.01. The van der Waals surface area contributed by atoms with Gasteiger partial charge in [0.15, 0.2) is 11.2 Å². The highest BCUT2D eigenvalue weighted by Gasteiger charge is 2.12. The molecule has 2 aromatic heterocycles. The summed E-state index contributed by atoms with van der Waals surface area (Å²) in [6.07, 6.45) is 1.30. The maximum Gasteiger partial charge on any atom is 0.283 e. The van der Waals surface area contributed by atoms with Crippen LogP contribution in [0.4, 0.5) is 4.39 Å². The van der Waals surface area contributed by atoms with Crippen molar-refractivity contribution in [2.24, 2.45) is 0 Å². The Morgan fingerprint density at radius 3 is 2.75 bits per heavy atom. The molecule has 24 heavy (non-hydrogen) atoms. The molecule has 3 aromatic rings. The fourth-order valence-electron chi connectivity index (χ4n) is 2.23. The second-order valence-electron chi connectivity index (χ2n) is 5.16. The number of nitrogens with zero attached hydrogens (tertiary/aromatic N) is 5. The highest BCUT2D eigenvalue weighted by atomic mass is 19.1. The molecule has 2 heterocycles. The van der Waals surface area contributed by atoms with Crippen LogP contribution in [0.3, 0.4) is 0 Å². The van der Waals surface area contributed by atoms with Crippen LogP contribution in [0.2, 0.25) is 0 Å². The van der Waals surface area contributed by atoms with Crippen molar-refractivity contribution in [2.45, 2.75) is 26.6 Å². The number of carbonyl (C=O) groups is 1. The van der Waals surface area contributed by atoms with Gasteiger partial charge in [0, 0.05) is 13.1 Å². The third kappa shape index (κ3) is 3.14. The Labute approximate surface area is 135 Å². The quantitative estimate of drug-likeness (QED) is 0.733. The molecule has 124 valence electrons. The maximum atomic E-state index is 12.8. The first-order valence-electron chi connectivity index (χ1n) is 7.38. The number of rotatable bonds is 5. The van der Waals surface area contributed by atoms with E-state index in [1.54, 1.807) is 12.1 Å². The summed E-state index contributed by atoms with van der Waals surface area (Å²) in [5.74, 6) is -0.693. The lowest BCUT2D eigenvalue weighted by Crippen LogP contribution is -2.32. The zero-order valence-corrected chi connectivity index (χ0v) is 12.9. The Kier molecular flexibility index (Phi) is 4.32. The first-order chi connectivity index (χ1) is 11.6. The molecule has 1 amide bonds. The number of aromatic nitrogens is 5. The molecular weight excluding hydrogens is 315 g/mol. The van der Waals surface area contributed by atoms with Crippen molar-refractivity contribution in [3.63, 3.8) is 0 Å². The zero-order valence-electron chi connectivity index (χ0n) is 12.9. The van der Waals surface area contributed by atoms with Crippen LogP contribution >= 0.6 is 0 Å². The summed E-state index contributed by atoms with van der Waals surface area (Å²) in [4.78, 5) is 28.4. The molecule has 0 radical (unpaired) electrons. The van der Waals surface area contributed by atoms with Gasteiger partial charge in [0.2, 0.25) is 5.91 Å². The monoisotopic (exact) mass is 330 g/mol. The molecule has 1 aromatic carbocycles. The van der Waals surface area contributed by atoms with Gasteiger partial charge < -0.3 is 5.32 Å². The minimum Gasteiger partial charge on any atom is -0.350 e. The van der Waals surface area contributed by atoms with E-state index in [4.69, 9.17) is 0 Å². The largest absolute Gasteiger partial charge is 0.350 e. The number of hydrogen-bond acceptors (Lipinski definition) is 5. The van der Waals surface area contributed by atoms with Crippen LogP contribution in [-0.4, -0.2) is 30.5 Å². The lowest BCUT2D eigenvalue weighted by atomic mass is 10.2. The molecule has 0 aliphatic carbocycles. The highest BCUT2D eigenvalue weighted by molar-refractivity contribution is 5.76. The van der Waals surface area contributed by atoms with Crippen molar-refractivity contribution < 1.29 is 9.18 Å². The van der Waals surface area contributed by atoms with Crippen LogP contribution in [-0.2, 0) is 24.4 Å². The standard InChI is InChI=1S/C15H15FN6O2/c1-2-22-14-13(19-20-22)15(24)21(9-18-14)8-12(23)17-7-10-3-5-11(16)6-4-10/h3-6,9H,2,7-8H2,1H3,(H,17,23). The number of fused-ring (bicyclic) bond motifs is 1. The Hall–Kier alpha value is -3.10. The Bertz CT molecular complexity index is 931. The molecule has 0 saturated heterocycles. The first-order valence-corrected chi connectivity index (χ1v) is 7.38. The van der Waals surface area contributed by atoms with Crippen LogP contribution in [0, 0.1) is 5.82 Å². The molecule has 0 bridgehead atoms. The third-order valence-corrected chi connectivity index (χ3v) is 3.51. The van der Waals surface area contributed by atoms with Gasteiger partial charge in [0.25, 0.3) is 5.56 Å². The zero-order chi connectivity index (χ0) is 17.1. The van der Waals surface area contributed by atoms with Crippen LogP contribution in [0.15, 0.2) is 35.4 Å². The highest BCUT2D eigenvalue weighted by Crippen LogP contribution is 2.03. The van der Waals surface area contributed by atoms with Crippen LogP contribution < -0.4 is 10.9 Å². The van der Waals surface area contributed by atoms with E-state index in [2.05, 4.69) is 20.6 Å². The van der Waals surface area contributed by atoms with E-state index in [0.717, 1.165) is 5.56 Å². The molecular formula is C15H15FN6O2. The Morgan fingerprint density at radius 1 is 1.29 bits per heavy atom. The molecule has 1 N–H and O–H groups in total. The van der Waals surface area contributed by atoms with Crippen LogP contribution in [0.25, 0.3) is 11.2 Å². The lowest BCUT2D eigenvalue weighted by molar-refractivity contribution is -0.121. The number of benzene rings is 1. The van der Waals surface area contributed by atoms with Crippen molar-refractivity contribution in [1.29, 1.82) is 0 Å². The van der Waals surface area contributed by atoms with Crippen molar-refractivity contribution >= 4 is 17.1 Å². The van der Waals surface area contributed by atoms with Gasteiger partial charge in [-0.15, -0.1) is 5.10 Å². The van der Waals surface area contributed by atoms with E-state index in [0.29, 0.717) is 12.2 Å².